The topological polar surface area (TPSA) is 44.2 Å². The predicted molar refractivity (Wildman–Crippen MR) is 77.3 cm³/mol. The fraction of sp³-hybridized carbons (Fsp3) is 0.125. The zero-order chi connectivity index (χ0) is 13.9. The average molecular weight is 266 g/mol. The number of methoxy groups -OCH3 is 1. The van der Waals surface area contributed by atoms with Gasteiger partial charge in [-0.2, -0.15) is 0 Å². The van der Waals surface area contributed by atoms with Crippen LogP contribution in [0.2, 0.25) is 0 Å². The molecule has 3 aromatic rings. The molecular weight excluding hydrogens is 252 g/mol. The first kappa shape index (κ1) is 12.4. The van der Waals surface area contributed by atoms with Crippen LogP contribution in [0.3, 0.4) is 0 Å². The molecule has 0 aliphatic carbocycles. The van der Waals surface area contributed by atoms with Crippen LogP contribution in [0, 0.1) is 6.92 Å². The lowest BCUT2D eigenvalue weighted by atomic mass is 10.2. The van der Waals surface area contributed by atoms with Gasteiger partial charge >= 0.3 is 0 Å². The van der Waals surface area contributed by atoms with E-state index in [1.54, 1.807) is 13.3 Å². The van der Waals surface area contributed by atoms with Gasteiger partial charge in [-0.3, -0.25) is 4.98 Å². The van der Waals surface area contributed by atoms with E-state index in [2.05, 4.69) is 9.97 Å². The summed E-state index contributed by atoms with van der Waals surface area (Å²) in [5, 5.41) is 1.04. The summed E-state index contributed by atoms with van der Waals surface area (Å²) in [6, 6.07) is 13.1. The van der Waals surface area contributed by atoms with Gasteiger partial charge in [0.2, 0.25) is 5.88 Å². The Morgan fingerprint density at radius 1 is 0.900 bits per heavy atom. The molecule has 0 bridgehead atoms. The average Bonchev–Trinajstić information content (AvgIpc) is 2.48. The maximum absolute atomic E-state index is 5.74. The number of nitrogens with zero attached hydrogens (tertiary/aromatic N) is 2. The minimum absolute atomic E-state index is 0.563. The maximum Gasteiger partial charge on any atom is 0.219 e. The molecule has 0 saturated heterocycles. The summed E-state index contributed by atoms with van der Waals surface area (Å²) in [6.07, 6.45) is 1.75. The second kappa shape index (κ2) is 5.17. The first-order valence-corrected chi connectivity index (χ1v) is 6.30. The van der Waals surface area contributed by atoms with Crippen LogP contribution in [-0.2, 0) is 0 Å². The number of pyridine rings is 2. The zero-order valence-corrected chi connectivity index (χ0v) is 11.3. The van der Waals surface area contributed by atoms with Crippen molar-refractivity contribution in [2.75, 3.05) is 7.11 Å². The van der Waals surface area contributed by atoms with Gasteiger partial charge in [-0.25, -0.2) is 4.98 Å². The van der Waals surface area contributed by atoms with Crippen molar-refractivity contribution < 1.29 is 9.47 Å². The van der Waals surface area contributed by atoms with Gasteiger partial charge in [0.05, 0.1) is 12.6 Å². The normalized spacial score (nSPS) is 10.5. The molecule has 0 N–H and O–H groups in total. The Bertz CT molecular complexity index is 739. The Kier molecular flexibility index (Phi) is 3.21. The molecule has 3 rings (SSSR count). The fourth-order valence-electron chi connectivity index (χ4n) is 2.00. The van der Waals surface area contributed by atoms with Gasteiger partial charge in [0.15, 0.2) is 0 Å². The molecule has 2 heterocycles. The van der Waals surface area contributed by atoms with Gasteiger partial charge < -0.3 is 9.47 Å². The van der Waals surface area contributed by atoms with E-state index in [0.29, 0.717) is 5.88 Å². The highest BCUT2D eigenvalue weighted by Crippen LogP contribution is 2.24. The van der Waals surface area contributed by atoms with Crippen LogP contribution in [0.4, 0.5) is 0 Å². The van der Waals surface area contributed by atoms with E-state index in [-0.39, 0.29) is 0 Å². The molecule has 0 saturated carbocycles. The van der Waals surface area contributed by atoms with Crippen LogP contribution < -0.4 is 9.47 Å². The Balaban J connectivity index is 1.90. The Morgan fingerprint density at radius 3 is 2.40 bits per heavy atom. The monoisotopic (exact) mass is 266 g/mol. The smallest absolute Gasteiger partial charge is 0.219 e. The van der Waals surface area contributed by atoms with Gasteiger partial charge in [-0.05, 0) is 43.3 Å². The van der Waals surface area contributed by atoms with Crippen molar-refractivity contribution in [3.05, 3.63) is 54.4 Å². The number of hydrogen-bond acceptors (Lipinski definition) is 4. The summed E-state index contributed by atoms with van der Waals surface area (Å²) in [5.74, 6) is 2.09. The van der Waals surface area contributed by atoms with Crippen molar-refractivity contribution >= 4 is 10.9 Å². The van der Waals surface area contributed by atoms with E-state index in [1.165, 1.54) is 0 Å². The highest BCUT2D eigenvalue weighted by Gasteiger charge is 2.03. The molecule has 2 aromatic heterocycles. The standard InChI is InChI=1S/C16H14N2O2/c1-11-14-7-8-16(18-15(14)9-10-17-11)20-13-5-3-12(19-2)4-6-13/h3-10H,1-2H3. The molecule has 0 atom stereocenters. The predicted octanol–water partition coefficient (Wildman–Crippen LogP) is 3.74. The number of ether oxygens (including phenoxy) is 2. The van der Waals surface area contributed by atoms with Gasteiger partial charge in [-0.1, -0.05) is 0 Å². The van der Waals surface area contributed by atoms with Gasteiger partial charge in [0, 0.05) is 23.3 Å². The molecular formula is C16H14N2O2. The summed E-state index contributed by atoms with van der Waals surface area (Å²) in [4.78, 5) is 8.73. The van der Waals surface area contributed by atoms with E-state index in [9.17, 15) is 0 Å². The van der Waals surface area contributed by atoms with Crippen molar-refractivity contribution in [1.82, 2.24) is 9.97 Å². The number of aryl methyl sites for hydroxylation is 1. The number of rotatable bonds is 3. The molecule has 4 heteroatoms. The first-order valence-electron chi connectivity index (χ1n) is 6.30. The van der Waals surface area contributed by atoms with Crippen LogP contribution in [0.1, 0.15) is 5.69 Å². The van der Waals surface area contributed by atoms with Gasteiger partial charge in [0.25, 0.3) is 0 Å². The third kappa shape index (κ3) is 2.40. The van der Waals surface area contributed by atoms with E-state index >= 15 is 0 Å². The van der Waals surface area contributed by atoms with Crippen molar-refractivity contribution in [3.63, 3.8) is 0 Å². The number of benzene rings is 1. The second-order valence-corrected chi connectivity index (χ2v) is 4.39. The van der Waals surface area contributed by atoms with Crippen LogP contribution >= 0.6 is 0 Å². The van der Waals surface area contributed by atoms with Crippen LogP contribution in [-0.4, -0.2) is 17.1 Å². The summed E-state index contributed by atoms with van der Waals surface area (Å²) in [6.45, 7) is 1.97. The van der Waals surface area contributed by atoms with E-state index in [1.807, 2.05) is 49.4 Å². The molecule has 1 aromatic carbocycles. The van der Waals surface area contributed by atoms with E-state index < -0.39 is 0 Å². The SMILES string of the molecule is COc1ccc(Oc2ccc3c(C)nccc3n2)cc1. The summed E-state index contributed by atoms with van der Waals surface area (Å²) in [7, 11) is 1.64. The molecule has 0 amide bonds. The summed E-state index contributed by atoms with van der Waals surface area (Å²) >= 11 is 0. The van der Waals surface area contributed by atoms with Crippen molar-refractivity contribution in [2.24, 2.45) is 0 Å². The minimum atomic E-state index is 0.563. The lowest BCUT2D eigenvalue weighted by Gasteiger charge is -2.07. The fourth-order valence-corrected chi connectivity index (χ4v) is 2.00. The quantitative estimate of drug-likeness (QED) is 0.724. The first-order chi connectivity index (χ1) is 9.76. The second-order valence-electron chi connectivity index (χ2n) is 4.39. The number of fused-ring (bicyclic) bond motifs is 1. The van der Waals surface area contributed by atoms with E-state index in [0.717, 1.165) is 28.1 Å². The van der Waals surface area contributed by atoms with Gasteiger partial charge in [-0.15, -0.1) is 0 Å². The van der Waals surface area contributed by atoms with E-state index in [4.69, 9.17) is 9.47 Å². The van der Waals surface area contributed by atoms with Gasteiger partial charge in [0.1, 0.15) is 11.5 Å². The molecule has 0 aliphatic rings. The van der Waals surface area contributed by atoms with Crippen LogP contribution in [0.25, 0.3) is 10.9 Å². The molecule has 0 aliphatic heterocycles. The van der Waals surface area contributed by atoms with Crippen molar-refractivity contribution in [2.45, 2.75) is 6.92 Å². The maximum atomic E-state index is 5.74. The van der Waals surface area contributed by atoms with Crippen LogP contribution in [0.5, 0.6) is 17.4 Å². The highest BCUT2D eigenvalue weighted by molar-refractivity contribution is 5.80. The molecule has 0 radical (unpaired) electrons. The van der Waals surface area contributed by atoms with Crippen LogP contribution in [0.15, 0.2) is 48.7 Å². The molecule has 0 fully saturated rings. The molecule has 4 nitrogen and oxygen atoms in total. The molecule has 0 unspecified atom stereocenters. The third-order valence-corrected chi connectivity index (χ3v) is 3.07. The Hall–Kier alpha value is -2.62. The zero-order valence-electron chi connectivity index (χ0n) is 11.3. The molecule has 20 heavy (non-hydrogen) atoms. The molecule has 100 valence electrons. The Labute approximate surface area is 117 Å². The molecule has 0 spiro atoms. The summed E-state index contributed by atoms with van der Waals surface area (Å²) in [5.41, 5.74) is 1.84. The number of aromatic nitrogens is 2. The minimum Gasteiger partial charge on any atom is -0.497 e. The lowest BCUT2D eigenvalue weighted by Crippen LogP contribution is -1.91. The van der Waals surface area contributed by atoms with Crippen molar-refractivity contribution in [3.8, 4) is 17.4 Å². The lowest BCUT2D eigenvalue weighted by molar-refractivity contribution is 0.412. The van der Waals surface area contributed by atoms with Crippen molar-refractivity contribution in [1.29, 1.82) is 0 Å². The Morgan fingerprint density at radius 2 is 1.65 bits per heavy atom. The number of hydrogen-bond donors (Lipinski definition) is 0. The summed E-state index contributed by atoms with van der Waals surface area (Å²) < 4.78 is 10.9. The third-order valence-electron chi connectivity index (χ3n) is 3.07. The largest absolute Gasteiger partial charge is 0.497 e. The highest BCUT2D eigenvalue weighted by atomic mass is 16.5.